The van der Waals surface area contributed by atoms with E-state index in [4.69, 9.17) is 4.74 Å². The van der Waals surface area contributed by atoms with Gasteiger partial charge in [-0.15, -0.1) is 0 Å². The number of amides is 1. The molecule has 3 fully saturated rings. The van der Waals surface area contributed by atoms with E-state index in [1.807, 2.05) is 24.3 Å². The number of ketones is 1. The van der Waals surface area contributed by atoms with Crippen molar-refractivity contribution < 1.29 is 14.3 Å². The molecule has 4 rings (SSSR count). The minimum absolute atomic E-state index is 0.261. The number of likely N-dealkylation sites (tertiary alicyclic amines) is 1. The van der Waals surface area contributed by atoms with Gasteiger partial charge in [0.25, 0.3) is 0 Å². The van der Waals surface area contributed by atoms with Gasteiger partial charge >= 0.3 is 0 Å². The number of carbonyl (C=O) groups excluding carboxylic acids is 2. The summed E-state index contributed by atoms with van der Waals surface area (Å²) in [6, 6.07) is 7.59. The van der Waals surface area contributed by atoms with Gasteiger partial charge in [-0.2, -0.15) is 0 Å². The first-order valence-corrected chi connectivity index (χ1v) is 11.7. The van der Waals surface area contributed by atoms with Crippen LogP contribution in [0, 0.1) is 5.92 Å². The first kappa shape index (κ1) is 21.3. The van der Waals surface area contributed by atoms with Crippen molar-refractivity contribution in [3.05, 3.63) is 29.8 Å². The van der Waals surface area contributed by atoms with Crippen LogP contribution in [-0.4, -0.2) is 85.4 Å². The lowest BCUT2D eigenvalue weighted by molar-refractivity contribution is -0.132. The highest BCUT2D eigenvalue weighted by molar-refractivity contribution is 5.99. The minimum atomic E-state index is 0.261. The number of Topliss-reactive ketones (excluding diaryl/α,β-unsaturated/α-hetero) is 1. The zero-order chi connectivity index (χ0) is 20.8. The number of carbonyl (C=O) groups is 2. The molecule has 2 saturated heterocycles. The molecule has 0 aromatic heterocycles. The summed E-state index contributed by atoms with van der Waals surface area (Å²) in [5, 5.41) is 0. The van der Waals surface area contributed by atoms with E-state index >= 15 is 0 Å². The van der Waals surface area contributed by atoms with Gasteiger partial charge in [0.2, 0.25) is 5.91 Å². The first-order valence-electron chi connectivity index (χ1n) is 11.7. The quantitative estimate of drug-likeness (QED) is 0.460. The smallest absolute Gasteiger partial charge is 0.236 e. The van der Waals surface area contributed by atoms with E-state index in [1.165, 1.54) is 12.8 Å². The molecule has 164 valence electrons. The topological polar surface area (TPSA) is 53.1 Å². The SMILES string of the molecule is O=C(c1ccc(OCCCN2CCCN(C(=O)CN3CCCC3)CC2)cc1)C1CC1. The molecule has 1 amide bonds. The van der Waals surface area contributed by atoms with E-state index in [2.05, 4.69) is 14.7 Å². The number of nitrogens with zero attached hydrogens (tertiary/aromatic N) is 3. The van der Waals surface area contributed by atoms with Crippen LogP contribution in [0.2, 0.25) is 0 Å². The Morgan fingerprint density at radius 2 is 1.60 bits per heavy atom. The molecule has 30 heavy (non-hydrogen) atoms. The maximum atomic E-state index is 12.6. The molecule has 6 heteroatoms. The van der Waals surface area contributed by atoms with E-state index in [1.54, 1.807) is 0 Å². The third-order valence-electron chi connectivity index (χ3n) is 6.47. The van der Waals surface area contributed by atoms with Gasteiger partial charge in [0.1, 0.15) is 5.75 Å². The third-order valence-corrected chi connectivity index (χ3v) is 6.47. The lowest BCUT2D eigenvalue weighted by Crippen LogP contribution is -2.41. The average Bonchev–Trinajstić information content (AvgIpc) is 3.54. The summed E-state index contributed by atoms with van der Waals surface area (Å²) in [6.07, 6.45) is 6.54. The molecule has 0 unspecified atom stereocenters. The Labute approximate surface area is 180 Å². The van der Waals surface area contributed by atoms with Crippen molar-refractivity contribution >= 4 is 11.7 Å². The molecule has 3 aliphatic rings. The molecule has 2 heterocycles. The Morgan fingerprint density at radius 3 is 2.33 bits per heavy atom. The second-order valence-electron chi connectivity index (χ2n) is 8.92. The van der Waals surface area contributed by atoms with Crippen molar-refractivity contribution in [1.29, 1.82) is 0 Å². The van der Waals surface area contributed by atoms with Gasteiger partial charge < -0.3 is 14.5 Å². The van der Waals surface area contributed by atoms with Crippen LogP contribution < -0.4 is 4.74 Å². The Morgan fingerprint density at radius 1 is 0.867 bits per heavy atom. The molecule has 1 saturated carbocycles. The van der Waals surface area contributed by atoms with Crippen LogP contribution >= 0.6 is 0 Å². The fraction of sp³-hybridized carbons (Fsp3) is 0.667. The van der Waals surface area contributed by atoms with Crippen molar-refractivity contribution in [2.24, 2.45) is 5.92 Å². The van der Waals surface area contributed by atoms with Crippen LogP contribution in [0.3, 0.4) is 0 Å². The van der Waals surface area contributed by atoms with Gasteiger partial charge in [-0.3, -0.25) is 14.5 Å². The monoisotopic (exact) mass is 413 g/mol. The number of hydrogen-bond acceptors (Lipinski definition) is 5. The number of rotatable bonds is 9. The molecular formula is C24H35N3O3. The lowest BCUT2D eigenvalue weighted by Gasteiger charge is -2.24. The fourth-order valence-corrected chi connectivity index (χ4v) is 4.45. The van der Waals surface area contributed by atoms with Gasteiger partial charge in [-0.1, -0.05) is 0 Å². The van der Waals surface area contributed by atoms with Crippen LogP contribution in [0.5, 0.6) is 5.75 Å². The number of benzene rings is 1. The van der Waals surface area contributed by atoms with Gasteiger partial charge in [0.15, 0.2) is 5.78 Å². The largest absolute Gasteiger partial charge is 0.494 e. The second-order valence-corrected chi connectivity index (χ2v) is 8.92. The normalized spacial score (nSPS) is 20.9. The van der Waals surface area contributed by atoms with Gasteiger partial charge in [0.05, 0.1) is 13.2 Å². The summed E-state index contributed by atoms with van der Waals surface area (Å²) in [6.45, 7) is 8.12. The summed E-state index contributed by atoms with van der Waals surface area (Å²) in [7, 11) is 0. The van der Waals surface area contributed by atoms with Crippen molar-refractivity contribution in [2.45, 2.75) is 38.5 Å². The van der Waals surface area contributed by atoms with E-state index in [9.17, 15) is 9.59 Å². The molecule has 0 spiro atoms. The highest BCUT2D eigenvalue weighted by Crippen LogP contribution is 2.32. The lowest BCUT2D eigenvalue weighted by atomic mass is 10.1. The van der Waals surface area contributed by atoms with Crippen LogP contribution in [0.1, 0.15) is 48.9 Å². The van der Waals surface area contributed by atoms with Crippen LogP contribution in [0.25, 0.3) is 0 Å². The summed E-state index contributed by atoms with van der Waals surface area (Å²) in [5.74, 6) is 1.66. The molecule has 1 aromatic carbocycles. The van der Waals surface area contributed by atoms with Crippen molar-refractivity contribution in [3.8, 4) is 5.75 Å². The molecule has 2 aliphatic heterocycles. The predicted molar refractivity (Wildman–Crippen MR) is 117 cm³/mol. The van der Waals surface area contributed by atoms with E-state index in [0.717, 1.165) is 82.8 Å². The molecule has 0 N–H and O–H groups in total. The molecule has 1 aliphatic carbocycles. The molecule has 0 bridgehead atoms. The maximum Gasteiger partial charge on any atom is 0.236 e. The average molecular weight is 414 g/mol. The summed E-state index contributed by atoms with van der Waals surface area (Å²) in [5.41, 5.74) is 0.804. The first-order chi connectivity index (χ1) is 14.7. The Balaban J connectivity index is 1.12. The van der Waals surface area contributed by atoms with Crippen molar-refractivity contribution in [2.75, 3.05) is 59.0 Å². The van der Waals surface area contributed by atoms with Crippen LogP contribution in [0.4, 0.5) is 0 Å². The minimum Gasteiger partial charge on any atom is -0.494 e. The summed E-state index contributed by atoms with van der Waals surface area (Å²) >= 11 is 0. The van der Waals surface area contributed by atoms with Crippen LogP contribution in [-0.2, 0) is 4.79 Å². The summed E-state index contributed by atoms with van der Waals surface area (Å²) < 4.78 is 5.86. The molecule has 1 aromatic rings. The van der Waals surface area contributed by atoms with Crippen molar-refractivity contribution in [1.82, 2.24) is 14.7 Å². The van der Waals surface area contributed by atoms with E-state index < -0.39 is 0 Å². The van der Waals surface area contributed by atoms with Crippen molar-refractivity contribution in [3.63, 3.8) is 0 Å². The van der Waals surface area contributed by atoms with Gasteiger partial charge in [-0.25, -0.2) is 0 Å². The number of hydrogen-bond donors (Lipinski definition) is 0. The molecule has 0 radical (unpaired) electrons. The standard InChI is InChI=1S/C24H35N3O3/c28-23(19-26-11-1-2-12-26)27-15-3-13-25(16-17-27)14-4-18-30-22-9-7-21(8-10-22)24(29)20-5-6-20/h7-10,20H,1-6,11-19H2. The number of ether oxygens (including phenoxy) is 1. The molecular weight excluding hydrogens is 378 g/mol. The van der Waals surface area contributed by atoms with E-state index in [-0.39, 0.29) is 11.7 Å². The van der Waals surface area contributed by atoms with Crippen LogP contribution in [0.15, 0.2) is 24.3 Å². The maximum absolute atomic E-state index is 12.6. The van der Waals surface area contributed by atoms with E-state index in [0.29, 0.717) is 19.1 Å². The van der Waals surface area contributed by atoms with Gasteiger partial charge in [0, 0.05) is 37.7 Å². The zero-order valence-electron chi connectivity index (χ0n) is 18.1. The second kappa shape index (κ2) is 10.4. The highest BCUT2D eigenvalue weighted by atomic mass is 16.5. The Bertz CT molecular complexity index is 711. The Kier molecular flexibility index (Phi) is 7.39. The highest BCUT2D eigenvalue weighted by Gasteiger charge is 2.30. The zero-order valence-corrected chi connectivity index (χ0v) is 18.1. The predicted octanol–water partition coefficient (Wildman–Crippen LogP) is 2.68. The van der Waals surface area contributed by atoms with Gasteiger partial charge in [-0.05, 0) is 82.4 Å². The Hall–Kier alpha value is -1.92. The summed E-state index contributed by atoms with van der Waals surface area (Å²) in [4.78, 5) is 31.4. The molecule has 6 nitrogen and oxygen atoms in total. The fourth-order valence-electron chi connectivity index (χ4n) is 4.45. The molecule has 0 atom stereocenters. The third kappa shape index (κ3) is 6.05.